The van der Waals surface area contributed by atoms with Crippen molar-refractivity contribution in [2.75, 3.05) is 39.8 Å². The highest BCUT2D eigenvalue weighted by atomic mass is 35.5. The zero-order chi connectivity index (χ0) is 21.7. The average Bonchev–Trinajstić information content (AvgIpc) is 2.71. The van der Waals surface area contributed by atoms with Crippen molar-refractivity contribution in [1.82, 2.24) is 14.5 Å². The average molecular weight is 450 g/mol. The van der Waals surface area contributed by atoms with Crippen LogP contribution in [0.5, 0.6) is 0 Å². The maximum atomic E-state index is 13.0. The largest absolute Gasteiger partial charge is 0.352 e. The lowest BCUT2D eigenvalue weighted by molar-refractivity contribution is 0.0953. The van der Waals surface area contributed by atoms with Gasteiger partial charge in [0.2, 0.25) is 10.0 Å². The fraction of sp³-hybridized carbons (Fsp3) is 0.409. The molecule has 8 heteroatoms. The maximum Gasteiger partial charge on any atom is 0.251 e. The first kappa shape index (κ1) is 22.7. The molecule has 0 saturated carbocycles. The third-order valence-electron chi connectivity index (χ3n) is 5.28. The van der Waals surface area contributed by atoms with E-state index in [1.165, 1.54) is 27.6 Å². The molecule has 3 rings (SSSR count). The first-order chi connectivity index (χ1) is 14.3. The number of nitrogens with zero attached hydrogens (tertiary/aromatic N) is 2. The van der Waals surface area contributed by atoms with Crippen molar-refractivity contribution < 1.29 is 13.2 Å². The fourth-order valence-corrected chi connectivity index (χ4v) is 5.40. The van der Waals surface area contributed by atoms with Crippen LogP contribution in [0.1, 0.15) is 27.9 Å². The molecule has 1 aliphatic rings. The van der Waals surface area contributed by atoms with E-state index in [0.717, 1.165) is 12.8 Å². The van der Waals surface area contributed by atoms with Gasteiger partial charge < -0.3 is 10.2 Å². The van der Waals surface area contributed by atoms with E-state index in [-0.39, 0.29) is 15.8 Å². The number of sulfonamides is 1. The standard InChI is InChI=1S/C22H28ClN3O3S/c1-17-5-3-6-18(15-17)7-4-10-24-22(27)19-8-9-20(23)21(16-19)30(28,29)26-13-11-25(2)12-14-26/h3,5-6,8-9,15-16H,4,7,10-14H2,1-2H3,(H,24,27). The number of amides is 1. The number of piperazine rings is 1. The molecule has 0 atom stereocenters. The van der Waals surface area contributed by atoms with Crippen molar-refractivity contribution in [2.24, 2.45) is 0 Å². The number of carbonyl (C=O) groups excluding carboxylic acids is 1. The number of hydrogen-bond donors (Lipinski definition) is 1. The quantitative estimate of drug-likeness (QED) is 0.660. The molecule has 0 unspecified atom stereocenters. The molecule has 0 aliphatic carbocycles. The Morgan fingerprint density at radius 2 is 1.83 bits per heavy atom. The molecule has 1 fully saturated rings. The van der Waals surface area contributed by atoms with Gasteiger partial charge in [-0.05, 0) is 50.6 Å². The van der Waals surface area contributed by atoms with Crippen molar-refractivity contribution in [2.45, 2.75) is 24.7 Å². The Balaban J connectivity index is 1.63. The Morgan fingerprint density at radius 1 is 1.10 bits per heavy atom. The van der Waals surface area contributed by atoms with Crippen LogP contribution in [0.15, 0.2) is 47.4 Å². The lowest BCUT2D eigenvalue weighted by atomic mass is 10.1. The number of halogens is 1. The van der Waals surface area contributed by atoms with Crippen LogP contribution in [0.4, 0.5) is 0 Å². The van der Waals surface area contributed by atoms with E-state index in [1.807, 2.05) is 13.1 Å². The van der Waals surface area contributed by atoms with Gasteiger partial charge in [-0.25, -0.2) is 8.42 Å². The van der Waals surface area contributed by atoms with Gasteiger partial charge in [-0.1, -0.05) is 41.4 Å². The van der Waals surface area contributed by atoms with Gasteiger partial charge in [-0.15, -0.1) is 0 Å². The summed E-state index contributed by atoms with van der Waals surface area (Å²) in [5, 5.41) is 3.00. The lowest BCUT2D eigenvalue weighted by Crippen LogP contribution is -2.47. The van der Waals surface area contributed by atoms with Crippen LogP contribution in [0.25, 0.3) is 0 Å². The van der Waals surface area contributed by atoms with Crippen LogP contribution in [-0.4, -0.2) is 63.3 Å². The van der Waals surface area contributed by atoms with Crippen molar-refractivity contribution in [3.05, 3.63) is 64.2 Å². The van der Waals surface area contributed by atoms with E-state index >= 15 is 0 Å². The first-order valence-electron chi connectivity index (χ1n) is 10.1. The maximum absolute atomic E-state index is 13.0. The lowest BCUT2D eigenvalue weighted by Gasteiger charge is -2.31. The molecule has 0 bridgehead atoms. The summed E-state index contributed by atoms with van der Waals surface area (Å²) in [6.07, 6.45) is 1.67. The second-order valence-electron chi connectivity index (χ2n) is 7.70. The monoisotopic (exact) mass is 449 g/mol. The van der Waals surface area contributed by atoms with Crippen LogP contribution < -0.4 is 5.32 Å². The van der Waals surface area contributed by atoms with Gasteiger partial charge in [-0.3, -0.25) is 4.79 Å². The molecule has 0 radical (unpaired) electrons. The van der Waals surface area contributed by atoms with Crippen LogP contribution in [0.2, 0.25) is 5.02 Å². The minimum Gasteiger partial charge on any atom is -0.352 e. The highest BCUT2D eigenvalue weighted by Gasteiger charge is 2.29. The Bertz CT molecular complexity index is 1000. The summed E-state index contributed by atoms with van der Waals surface area (Å²) >= 11 is 6.19. The fourth-order valence-electron chi connectivity index (χ4n) is 3.47. The Kier molecular flexibility index (Phi) is 7.52. The molecule has 30 heavy (non-hydrogen) atoms. The van der Waals surface area contributed by atoms with E-state index in [2.05, 4.69) is 35.3 Å². The summed E-state index contributed by atoms with van der Waals surface area (Å²) in [5.74, 6) is -0.300. The van der Waals surface area contributed by atoms with E-state index in [9.17, 15) is 13.2 Å². The van der Waals surface area contributed by atoms with Crippen LogP contribution in [0, 0.1) is 6.92 Å². The molecule has 1 saturated heterocycles. The van der Waals surface area contributed by atoms with E-state index in [4.69, 9.17) is 11.6 Å². The summed E-state index contributed by atoms with van der Waals surface area (Å²) in [7, 11) is -1.78. The van der Waals surface area contributed by atoms with Gasteiger partial charge >= 0.3 is 0 Å². The van der Waals surface area contributed by atoms with Gasteiger partial charge in [0.1, 0.15) is 4.90 Å². The van der Waals surface area contributed by atoms with E-state index in [1.54, 1.807) is 6.07 Å². The zero-order valence-electron chi connectivity index (χ0n) is 17.4. The van der Waals surface area contributed by atoms with E-state index in [0.29, 0.717) is 38.3 Å². The molecular weight excluding hydrogens is 422 g/mol. The third kappa shape index (κ3) is 5.60. The molecule has 2 aromatic rings. The van der Waals surface area contributed by atoms with E-state index < -0.39 is 10.0 Å². The highest BCUT2D eigenvalue weighted by Crippen LogP contribution is 2.26. The van der Waals surface area contributed by atoms with Crippen LogP contribution in [-0.2, 0) is 16.4 Å². The third-order valence-corrected chi connectivity index (χ3v) is 7.66. The van der Waals surface area contributed by atoms with Crippen molar-refractivity contribution in [1.29, 1.82) is 0 Å². The predicted molar refractivity (Wildman–Crippen MR) is 120 cm³/mol. The Labute approximate surface area is 183 Å². The minimum atomic E-state index is -3.74. The molecule has 6 nitrogen and oxygen atoms in total. The molecule has 162 valence electrons. The minimum absolute atomic E-state index is 0.0128. The summed E-state index contributed by atoms with van der Waals surface area (Å²) in [6, 6.07) is 12.7. The van der Waals surface area contributed by atoms with Crippen LogP contribution in [0.3, 0.4) is 0 Å². The van der Waals surface area contributed by atoms with Gasteiger partial charge in [0.15, 0.2) is 0 Å². The second kappa shape index (κ2) is 9.92. The molecule has 1 heterocycles. The molecule has 1 aliphatic heterocycles. The Morgan fingerprint density at radius 3 is 2.53 bits per heavy atom. The van der Waals surface area contributed by atoms with Gasteiger partial charge in [0, 0.05) is 38.3 Å². The molecule has 0 spiro atoms. The Hall–Kier alpha value is -1.93. The van der Waals surface area contributed by atoms with Crippen molar-refractivity contribution in [3.8, 4) is 0 Å². The van der Waals surface area contributed by atoms with Gasteiger partial charge in [-0.2, -0.15) is 4.31 Å². The normalized spacial score (nSPS) is 15.8. The van der Waals surface area contributed by atoms with Gasteiger partial charge in [0.25, 0.3) is 5.91 Å². The molecule has 1 amide bonds. The molecule has 1 N–H and O–H groups in total. The first-order valence-corrected chi connectivity index (χ1v) is 11.9. The SMILES string of the molecule is Cc1cccc(CCCNC(=O)c2ccc(Cl)c(S(=O)(=O)N3CCN(C)CC3)c2)c1. The molecule has 0 aromatic heterocycles. The smallest absolute Gasteiger partial charge is 0.251 e. The number of rotatable bonds is 7. The summed E-state index contributed by atoms with van der Waals surface area (Å²) in [6.45, 7) is 4.71. The molecular formula is C22H28ClN3O3S. The summed E-state index contributed by atoms with van der Waals surface area (Å²) < 4.78 is 27.5. The number of likely N-dealkylation sites (N-methyl/N-ethyl adjacent to an activating group) is 1. The second-order valence-corrected chi connectivity index (χ2v) is 10.0. The highest BCUT2D eigenvalue weighted by molar-refractivity contribution is 7.89. The number of aryl methyl sites for hydroxylation is 2. The number of benzene rings is 2. The van der Waals surface area contributed by atoms with Crippen molar-refractivity contribution >= 4 is 27.5 Å². The topological polar surface area (TPSA) is 69.7 Å². The number of hydrogen-bond acceptors (Lipinski definition) is 4. The zero-order valence-corrected chi connectivity index (χ0v) is 19.0. The van der Waals surface area contributed by atoms with Crippen LogP contribution >= 0.6 is 11.6 Å². The number of carbonyl (C=O) groups is 1. The summed E-state index contributed by atoms with van der Waals surface area (Å²) in [5.41, 5.74) is 2.74. The predicted octanol–water partition coefficient (Wildman–Crippen LogP) is 2.95. The van der Waals surface area contributed by atoms with Crippen molar-refractivity contribution in [3.63, 3.8) is 0 Å². The summed E-state index contributed by atoms with van der Waals surface area (Å²) in [4.78, 5) is 14.6. The number of nitrogens with one attached hydrogen (secondary N) is 1. The molecule has 2 aromatic carbocycles. The van der Waals surface area contributed by atoms with Gasteiger partial charge in [0.05, 0.1) is 5.02 Å².